The highest BCUT2D eigenvalue weighted by atomic mass is 32.2. The number of carboxylic acid groups (broad SMARTS) is 2. The molecule has 0 spiro atoms. The average molecular weight is 584 g/mol. The molecule has 0 atom stereocenters. The number of halogens is 6. The topological polar surface area (TPSA) is 135 Å². The second kappa shape index (κ2) is 14.4. The number of carboxylic acids is 2. The van der Waals surface area contributed by atoms with E-state index in [2.05, 4.69) is 38.7 Å². The van der Waals surface area contributed by atoms with E-state index in [1.165, 1.54) is 48.9 Å². The summed E-state index contributed by atoms with van der Waals surface area (Å²) in [5.41, 5.74) is 6.56. The lowest BCUT2D eigenvalue weighted by atomic mass is 9.96. The van der Waals surface area contributed by atoms with E-state index >= 15 is 0 Å². The number of aliphatic carboxylic acids is 2. The van der Waals surface area contributed by atoms with Crippen molar-refractivity contribution in [1.29, 1.82) is 0 Å². The number of piperidine rings is 1. The predicted molar refractivity (Wildman–Crippen MR) is 127 cm³/mol. The summed E-state index contributed by atoms with van der Waals surface area (Å²) >= 11 is 4.26. The van der Waals surface area contributed by atoms with Crippen LogP contribution in [0.4, 0.5) is 26.3 Å². The zero-order valence-corrected chi connectivity index (χ0v) is 21.9. The molecule has 2 aliphatic rings. The summed E-state index contributed by atoms with van der Waals surface area (Å²) in [7, 11) is 0. The van der Waals surface area contributed by atoms with Crippen LogP contribution >= 0.6 is 23.5 Å². The number of nitrogens with two attached hydrogens (primary N) is 1. The molecule has 2 fully saturated rings. The van der Waals surface area contributed by atoms with Crippen LogP contribution in [0.5, 0.6) is 0 Å². The van der Waals surface area contributed by atoms with Crippen LogP contribution in [0, 0.1) is 5.92 Å². The summed E-state index contributed by atoms with van der Waals surface area (Å²) < 4.78 is 65.5. The van der Waals surface area contributed by atoms with Crippen molar-refractivity contribution < 1.29 is 46.1 Å². The van der Waals surface area contributed by atoms with Gasteiger partial charge in [0.15, 0.2) is 0 Å². The number of aromatic nitrogens is 3. The van der Waals surface area contributed by atoms with E-state index in [1.807, 2.05) is 24.7 Å². The SMILES string of the molecule is CC(C)(N)c1cn(CC2CCN(C3CSCCSC3)CC2)nn1.O=C(O)C(F)(F)F.O=C(O)C(F)(F)F. The van der Waals surface area contributed by atoms with Gasteiger partial charge in [0.05, 0.1) is 11.7 Å². The van der Waals surface area contributed by atoms with Crippen LogP contribution in [0.1, 0.15) is 32.4 Å². The summed E-state index contributed by atoms with van der Waals surface area (Å²) in [4.78, 5) is 20.5. The Balaban J connectivity index is 0.000000404. The molecule has 2 saturated heterocycles. The first-order chi connectivity index (χ1) is 16.9. The Morgan fingerprint density at radius 1 is 1.00 bits per heavy atom. The van der Waals surface area contributed by atoms with Crippen molar-refractivity contribution in [3.05, 3.63) is 11.9 Å². The number of hydrogen-bond donors (Lipinski definition) is 3. The Kier molecular flexibility index (Phi) is 13.0. The standard InChI is InChI=1S/C16H29N5S2.2C2HF3O2/c1-16(2,17)15-10-21(19-18-15)9-13-3-5-20(6-4-13)14-11-22-7-8-23-12-14;2*3-2(4,5)1(6)7/h10,13-14H,3-9,11-12,17H2,1-2H3;2*(H,6,7). The smallest absolute Gasteiger partial charge is 0.475 e. The minimum atomic E-state index is -5.08. The molecule has 0 aliphatic carbocycles. The summed E-state index contributed by atoms with van der Waals surface area (Å²) in [5.74, 6) is 0.478. The van der Waals surface area contributed by atoms with Gasteiger partial charge in [-0.1, -0.05) is 5.21 Å². The molecule has 0 saturated carbocycles. The van der Waals surface area contributed by atoms with E-state index in [-0.39, 0.29) is 0 Å². The fourth-order valence-electron chi connectivity index (χ4n) is 3.26. The molecule has 37 heavy (non-hydrogen) atoms. The molecule has 3 rings (SSSR count). The molecule has 0 amide bonds. The molecule has 0 aromatic carbocycles. The summed E-state index contributed by atoms with van der Waals surface area (Å²) in [6.45, 7) is 7.40. The zero-order valence-electron chi connectivity index (χ0n) is 20.3. The lowest BCUT2D eigenvalue weighted by molar-refractivity contribution is -0.193. The van der Waals surface area contributed by atoms with Gasteiger partial charge >= 0.3 is 24.3 Å². The second-order valence-corrected chi connectivity index (χ2v) is 11.2. The molecule has 17 heteroatoms. The van der Waals surface area contributed by atoms with E-state index in [0.717, 1.165) is 18.3 Å². The second-order valence-electron chi connectivity index (χ2n) is 8.94. The van der Waals surface area contributed by atoms with Crippen molar-refractivity contribution in [2.24, 2.45) is 11.7 Å². The number of likely N-dealkylation sites (tertiary alicyclic amines) is 1. The fraction of sp³-hybridized carbons (Fsp3) is 0.800. The quantitative estimate of drug-likeness (QED) is 0.453. The van der Waals surface area contributed by atoms with Crippen LogP contribution in [-0.4, -0.2) is 96.5 Å². The van der Waals surface area contributed by atoms with E-state index in [4.69, 9.17) is 25.5 Å². The highest BCUT2D eigenvalue weighted by Gasteiger charge is 2.39. The molecule has 0 radical (unpaired) electrons. The van der Waals surface area contributed by atoms with E-state index in [9.17, 15) is 26.3 Å². The summed E-state index contributed by atoms with van der Waals surface area (Å²) in [5, 5.41) is 22.7. The van der Waals surface area contributed by atoms with Crippen molar-refractivity contribution in [2.75, 3.05) is 36.1 Å². The maximum absolute atomic E-state index is 10.6. The van der Waals surface area contributed by atoms with Gasteiger partial charge < -0.3 is 15.9 Å². The van der Waals surface area contributed by atoms with E-state index in [0.29, 0.717) is 5.92 Å². The Morgan fingerprint density at radius 2 is 1.43 bits per heavy atom. The number of thioether (sulfide) groups is 2. The van der Waals surface area contributed by atoms with Crippen LogP contribution < -0.4 is 5.73 Å². The molecule has 214 valence electrons. The van der Waals surface area contributed by atoms with Crippen LogP contribution in [0.3, 0.4) is 0 Å². The Labute approximate surface area is 218 Å². The van der Waals surface area contributed by atoms with Gasteiger partial charge in [-0.15, -0.1) is 5.10 Å². The molecule has 2 aliphatic heterocycles. The fourth-order valence-corrected chi connectivity index (χ4v) is 5.89. The summed E-state index contributed by atoms with van der Waals surface area (Å²) in [6.07, 6.45) is -5.61. The van der Waals surface area contributed by atoms with Crippen molar-refractivity contribution in [3.8, 4) is 0 Å². The molecule has 0 bridgehead atoms. The lowest BCUT2D eigenvalue weighted by Crippen LogP contribution is -2.44. The zero-order chi connectivity index (χ0) is 28.4. The molecule has 0 unspecified atom stereocenters. The first kappa shape index (κ1) is 33.3. The monoisotopic (exact) mass is 583 g/mol. The number of hydrogen-bond acceptors (Lipinski definition) is 8. The van der Waals surface area contributed by atoms with Gasteiger partial charge in [-0.25, -0.2) is 9.59 Å². The van der Waals surface area contributed by atoms with E-state index in [1.54, 1.807) is 0 Å². The number of carbonyl (C=O) groups is 2. The molecule has 1 aromatic rings. The number of nitrogens with zero attached hydrogens (tertiary/aromatic N) is 4. The van der Waals surface area contributed by atoms with Crippen molar-refractivity contribution in [1.82, 2.24) is 19.9 Å². The molecular formula is C20H31F6N5O4S2. The highest BCUT2D eigenvalue weighted by Crippen LogP contribution is 2.26. The predicted octanol–water partition coefficient (Wildman–Crippen LogP) is 3.30. The Hall–Kier alpha value is -1.72. The van der Waals surface area contributed by atoms with Crippen LogP contribution in [-0.2, 0) is 21.7 Å². The largest absolute Gasteiger partial charge is 0.490 e. The van der Waals surface area contributed by atoms with Gasteiger partial charge in [-0.2, -0.15) is 49.9 Å². The van der Waals surface area contributed by atoms with Crippen molar-refractivity contribution in [3.63, 3.8) is 0 Å². The first-order valence-corrected chi connectivity index (χ1v) is 13.4. The molecular weight excluding hydrogens is 552 g/mol. The Bertz CT molecular complexity index is 824. The number of rotatable bonds is 4. The van der Waals surface area contributed by atoms with Crippen LogP contribution in [0.15, 0.2) is 6.20 Å². The first-order valence-electron chi connectivity index (χ1n) is 11.1. The highest BCUT2D eigenvalue weighted by molar-refractivity contribution is 8.03. The van der Waals surface area contributed by atoms with Gasteiger partial charge in [-0.05, 0) is 45.7 Å². The third-order valence-electron chi connectivity index (χ3n) is 5.29. The molecule has 1 aromatic heterocycles. The maximum atomic E-state index is 10.6. The summed E-state index contributed by atoms with van der Waals surface area (Å²) in [6, 6.07) is 0.782. The number of alkyl halides is 6. The molecule has 3 heterocycles. The van der Waals surface area contributed by atoms with E-state index < -0.39 is 29.8 Å². The minimum absolute atomic E-state index is 0.406. The van der Waals surface area contributed by atoms with Crippen molar-refractivity contribution in [2.45, 2.75) is 57.2 Å². The normalized spacial score (nSPS) is 18.6. The van der Waals surface area contributed by atoms with Gasteiger partial charge in [0, 0.05) is 35.6 Å². The van der Waals surface area contributed by atoms with Crippen molar-refractivity contribution >= 4 is 35.5 Å². The molecule has 4 N–H and O–H groups in total. The van der Waals surface area contributed by atoms with Gasteiger partial charge in [0.1, 0.15) is 5.69 Å². The van der Waals surface area contributed by atoms with Gasteiger partial charge in [0.25, 0.3) is 0 Å². The third kappa shape index (κ3) is 13.1. The van der Waals surface area contributed by atoms with Crippen LogP contribution in [0.25, 0.3) is 0 Å². The average Bonchev–Trinajstić information content (AvgIpc) is 3.08. The minimum Gasteiger partial charge on any atom is -0.475 e. The third-order valence-corrected chi connectivity index (χ3v) is 7.77. The van der Waals surface area contributed by atoms with Gasteiger partial charge in [0.2, 0.25) is 0 Å². The maximum Gasteiger partial charge on any atom is 0.490 e. The molecule has 9 nitrogen and oxygen atoms in total. The van der Waals surface area contributed by atoms with Crippen LogP contribution in [0.2, 0.25) is 0 Å². The van der Waals surface area contributed by atoms with Gasteiger partial charge in [-0.3, -0.25) is 9.58 Å². The Morgan fingerprint density at radius 3 is 1.78 bits per heavy atom. The lowest BCUT2D eigenvalue weighted by Gasteiger charge is -2.36.